The van der Waals surface area contributed by atoms with E-state index in [1.165, 1.54) is 0 Å². The smallest absolute Gasteiger partial charge is 0.195 e. The number of oxazole rings is 1. The van der Waals surface area contributed by atoms with Crippen molar-refractivity contribution < 1.29 is 4.42 Å². The van der Waals surface area contributed by atoms with Gasteiger partial charge in [0, 0.05) is 31.0 Å². The Kier molecular flexibility index (Phi) is 3.35. The van der Waals surface area contributed by atoms with Crippen LogP contribution in [0.2, 0.25) is 5.02 Å². The molecule has 1 N–H and O–H groups in total. The molecule has 1 aliphatic rings. The highest BCUT2D eigenvalue weighted by molar-refractivity contribution is 6.31. The Morgan fingerprint density at radius 3 is 3.00 bits per heavy atom. The average Bonchev–Trinajstić information content (AvgIpc) is 2.80. The van der Waals surface area contributed by atoms with Crippen molar-refractivity contribution in [3.63, 3.8) is 0 Å². The molecule has 0 spiro atoms. The second-order valence-electron chi connectivity index (χ2n) is 4.50. The fourth-order valence-corrected chi connectivity index (χ4v) is 2.46. The minimum Gasteiger partial charge on any atom is -0.445 e. The minimum atomic E-state index is 0.802. The highest BCUT2D eigenvalue weighted by atomic mass is 35.5. The van der Waals surface area contributed by atoms with Crippen molar-refractivity contribution in [2.75, 3.05) is 6.54 Å². The zero-order chi connectivity index (χ0) is 12.4. The topological polar surface area (TPSA) is 38.1 Å². The van der Waals surface area contributed by atoms with E-state index in [0.717, 1.165) is 60.3 Å². The van der Waals surface area contributed by atoms with Gasteiger partial charge in [0.1, 0.15) is 5.76 Å². The van der Waals surface area contributed by atoms with Gasteiger partial charge < -0.3 is 9.73 Å². The average molecular weight is 263 g/mol. The van der Waals surface area contributed by atoms with E-state index in [0.29, 0.717) is 0 Å². The van der Waals surface area contributed by atoms with Crippen LogP contribution in [-0.4, -0.2) is 11.5 Å². The van der Waals surface area contributed by atoms with Gasteiger partial charge >= 0.3 is 0 Å². The lowest BCUT2D eigenvalue weighted by molar-refractivity contribution is 0.438. The molecule has 0 fully saturated rings. The monoisotopic (exact) mass is 262 g/mol. The summed E-state index contributed by atoms with van der Waals surface area (Å²) in [6.45, 7) is 1.80. The van der Waals surface area contributed by atoms with Gasteiger partial charge in [0.05, 0.1) is 5.69 Å². The number of fused-ring (bicyclic) bond motifs is 1. The Balaban J connectivity index is 1.70. The molecule has 0 amide bonds. The quantitative estimate of drug-likeness (QED) is 0.924. The lowest BCUT2D eigenvalue weighted by Gasteiger charge is -2.08. The van der Waals surface area contributed by atoms with Crippen molar-refractivity contribution in [2.24, 2.45) is 0 Å². The molecule has 0 bridgehead atoms. The Hall–Kier alpha value is -1.32. The zero-order valence-corrected chi connectivity index (χ0v) is 10.8. The summed E-state index contributed by atoms with van der Waals surface area (Å²) in [7, 11) is 0. The van der Waals surface area contributed by atoms with Gasteiger partial charge in [-0.25, -0.2) is 4.98 Å². The van der Waals surface area contributed by atoms with Gasteiger partial charge in [0.2, 0.25) is 0 Å². The summed E-state index contributed by atoms with van der Waals surface area (Å²) < 4.78 is 5.77. The second-order valence-corrected chi connectivity index (χ2v) is 4.90. The SMILES string of the molecule is Clc1ccccc1CCc1nc2c(o1)CCNC2. The van der Waals surface area contributed by atoms with Gasteiger partial charge in [0.15, 0.2) is 5.89 Å². The van der Waals surface area contributed by atoms with E-state index < -0.39 is 0 Å². The summed E-state index contributed by atoms with van der Waals surface area (Å²) in [5.74, 6) is 1.87. The molecule has 2 heterocycles. The number of hydrogen-bond donors (Lipinski definition) is 1. The van der Waals surface area contributed by atoms with E-state index in [9.17, 15) is 0 Å². The largest absolute Gasteiger partial charge is 0.445 e. The number of hydrogen-bond acceptors (Lipinski definition) is 3. The molecule has 0 atom stereocenters. The lowest BCUT2D eigenvalue weighted by atomic mass is 10.1. The number of benzene rings is 1. The van der Waals surface area contributed by atoms with E-state index in [1.54, 1.807) is 0 Å². The predicted molar refractivity (Wildman–Crippen MR) is 70.8 cm³/mol. The van der Waals surface area contributed by atoms with E-state index in [1.807, 2.05) is 24.3 Å². The van der Waals surface area contributed by atoms with Gasteiger partial charge in [-0.2, -0.15) is 0 Å². The molecule has 0 aliphatic carbocycles. The fraction of sp³-hybridized carbons (Fsp3) is 0.357. The zero-order valence-electron chi connectivity index (χ0n) is 10.1. The van der Waals surface area contributed by atoms with Gasteiger partial charge in [-0.3, -0.25) is 0 Å². The number of rotatable bonds is 3. The van der Waals surface area contributed by atoms with Crippen LogP contribution in [0.3, 0.4) is 0 Å². The van der Waals surface area contributed by atoms with Crippen LogP contribution in [0.1, 0.15) is 22.9 Å². The first kappa shape index (κ1) is 11.8. The first-order valence-corrected chi connectivity index (χ1v) is 6.62. The number of nitrogens with one attached hydrogen (secondary N) is 1. The highest BCUT2D eigenvalue weighted by Gasteiger charge is 2.16. The van der Waals surface area contributed by atoms with Crippen LogP contribution in [-0.2, 0) is 25.8 Å². The van der Waals surface area contributed by atoms with Gasteiger partial charge in [0.25, 0.3) is 0 Å². The van der Waals surface area contributed by atoms with Crippen LogP contribution in [0.15, 0.2) is 28.7 Å². The first-order chi connectivity index (χ1) is 8.83. The maximum Gasteiger partial charge on any atom is 0.195 e. The van der Waals surface area contributed by atoms with Crippen molar-refractivity contribution in [2.45, 2.75) is 25.8 Å². The molecule has 3 rings (SSSR count). The molecular formula is C14H15ClN2O. The molecule has 3 nitrogen and oxygen atoms in total. The third-order valence-electron chi connectivity index (χ3n) is 3.21. The number of halogens is 1. The Bertz CT molecular complexity index is 527. The van der Waals surface area contributed by atoms with E-state index >= 15 is 0 Å². The number of nitrogens with zero attached hydrogens (tertiary/aromatic N) is 1. The predicted octanol–water partition coefficient (Wildman–Crippen LogP) is 2.76. The maximum absolute atomic E-state index is 6.13. The summed E-state index contributed by atoms with van der Waals surface area (Å²) >= 11 is 6.13. The van der Waals surface area contributed by atoms with E-state index in [4.69, 9.17) is 16.0 Å². The number of aryl methyl sites for hydroxylation is 2. The summed E-state index contributed by atoms with van der Waals surface area (Å²) in [6, 6.07) is 7.92. The molecular weight excluding hydrogens is 248 g/mol. The van der Waals surface area contributed by atoms with Crippen molar-refractivity contribution >= 4 is 11.6 Å². The van der Waals surface area contributed by atoms with Gasteiger partial charge in [-0.05, 0) is 18.1 Å². The molecule has 4 heteroatoms. The molecule has 1 aromatic carbocycles. The Labute approximate surface area is 111 Å². The third kappa shape index (κ3) is 2.42. The van der Waals surface area contributed by atoms with Gasteiger partial charge in [-0.1, -0.05) is 29.8 Å². The first-order valence-electron chi connectivity index (χ1n) is 6.24. The summed E-state index contributed by atoms with van der Waals surface area (Å²) in [4.78, 5) is 4.52. The van der Waals surface area contributed by atoms with E-state index in [-0.39, 0.29) is 0 Å². The molecule has 0 saturated heterocycles. The van der Waals surface area contributed by atoms with Crippen molar-refractivity contribution in [1.29, 1.82) is 0 Å². The van der Waals surface area contributed by atoms with Crippen LogP contribution in [0, 0.1) is 0 Å². The summed E-state index contributed by atoms with van der Waals surface area (Å²) in [5.41, 5.74) is 2.21. The fourth-order valence-electron chi connectivity index (χ4n) is 2.23. The Morgan fingerprint density at radius 2 is 2.17 bits per heavy atom. The van der Waals surface area contributed by atoms with Crippen LogP contribution >= 0.6 is 11.6 Å². The van der Waals surface area contributed by atoms with Crippen LogP contribution in [0.5, 0.6) is 0 Å². The molecule has 0 radical (unpaired) electrons. The van der Waals surface area contributed by atoms with Gasteiger partial charge in [-0.15, -0.1) is 0 Å². The van der Waals surface area contributed by atoms with Crippen molar-refractivity contribution in [3.8, 4) is 0 Å². The van der Waals surface area contributed by atoms with Crippen LogP contribution < -0.4 is 5.32 Å². The molecule has 94 valence electrons. The molecule has 0 saturated carbocycles. The summed E-state index contributed by atoms with van der Waals surface area (Å²) in [5, 5.41) is 4.11. The normalized spacial score (nSPS) is 14.5. The highest BCUT2D eigenvalue weighted by Crippen LogP contribution is 2.19. The minimum absolute atomic E-state index is 0.802. The van der Waals surface area contributed by atoms with Crippen molar-refractivity contribution in [3.05, 3.63) is 52.2 Å². The van der Waals surface area contributed by atoms with E-state index in [2.05, 4.69) is 10.3 Å². The van der Waals surface area contributed by atoms with Crippen LogP contribution in [0.4, 0.5) is 0 Å². The third-order valence-corrected chi connectivity index (χ3v) is 3.58. The lowest BCUT2D eigenvalue weighted by Crippen LogP contribution is -2.22. The molecule has 18 heavy (non-hydrogen) atoms. The molecule has 1 aromatic heterocycles. The molecule has 2 aromatic rings. The van der Waals surface area contributed by atoms with Crippen molar-refractivity contribution in [1.82, 2.24) is 10.3 Å². The second kappa shape index (κ2) is 5.12. The number of aromatic nitrogens is 1. The van der Waals surface area contributed by atoms with Crippen LogP contribution in [0.25, 0.3) is 0 Å². The molecule has 0 unspecified atom stereocenters. The summed E-state index contributed by atoms with van der Waals surface area (Å²) in [6.07, 6.45) is 2.61. The standard InChI is InChI=1S/C14H15ClN2O/c15-11-4-2-1-3-10(11)5-6-14-17-12-9-16-8-7-13(12)18-14/h1-4,16H,5-9H2. The Morgan fingerprint density at radius 1 is 1.28 bits per heavy atom. The maximum atomic E-state index is 6.13. The molecule has 1 aliphatic heterocycles.